The topological polar surface area (TPSA) is 32.3 Å². The number of hydrogen-bond acceptors (Lipinski definition) is 2. The summed E-state index contributed by atoms with van der Waals surface area (Å²) in [5.74, 6) is 0.301. The van der Waals surface area contributed by atoms with Crippen LogP contribution in [0.3, 0.4) is 0 Å². The summed E-state index contributed by atoms with van der Waals surface area (Å²) in [6.07, 6.45) is 2.13. The Kier molecular flexibility index (Phi) is 4.24. The van der Waals surface area contributed by atoms with Crippen molar-refractivity contribution in [3.05, 3.63) is 60.2 Å². The van der Waals surface area contributed by atoms with Crippen LogP contribution in [0.25, 0.3) is 0 Å². The van der Waals surface area contributed by atoms with Crippen LogP contribution in [0.2, 0.25) is 0 Å². The molecule has 0 heterocycles. The highest BCUT2D eigenvalue weighted by Gasteiger charge is 2.03. The van der Waals surface area contributed by atoms with Crippen LogP contribution in [0.1, 0.15) is 18.9 Å². The van der Waals surface area contributed by atoms with Crippen molar-refractivity contribution in [3.63, 3.8) is 0 Å². The van der Waals surface area contributed by atoms with Gasteiger partial charge in [0.25, 0.3) is 0 Å². The Morgan fingerprint density at radius 3 is 2.56 bits per heavy atom. The molecule has 2 rings (SSSR count). The third-order valence-electron chi connectivity index (χ3n) is 2.97. The molecule has 0 aliphatic rings. The van der Waals surface area contributed by atoms with Crippen molar-refractivity contribution in [1.82, 2.24) is 0 Å². The fourth-order valence-electron chi connectivity index (χ4n) is 1.98. The van der Waals surface area contributed by atoms with Gasteiger partial charge in [-0.05, 0) is 37.5 Å². The highest BCUT2D eigenvalue weighted by molar-refractivity contribution is 5.48. The van der Waals surface area contributed by atoms with Gasteiger partial charge in [0.2, 0.25) is 0 Å². The SMILES string of the molecule is CC(CCc1ccccc1)Nc1cccc(O)c1. The molecule has 2 N–H and O–H groups in total. The number of hydrogen-bond donors (Lipinski definition) is 2. The Morgan fingerprint density at radius 1 is 1.06 bits per heavy atom. The first kappa shape index (κ1) is 12.5. The molecule has 0 spiro atoms. The second-order valence-electron chi connectivity index (χ2n) is 4.62. The van der Waals surface area contributed by atoms with E-state index in [0.717, 1.165) is 18.5 Å². The van der Waals surface area contributed by atoms with Crippen molar-refractivity contribution in [2.75, 3.05) is 5.32 Å². The number of phenols is 1. The number of anilines is 1. The van der Waals surface area contributed by atoms with Gasteiger partial charge in [0.15, 0.2) is 0 Å². The van der Waals surface area contributed by atoms with E-state index in [9.17, 15) is 5.11 Å². The van der Waals surface area contributed by atoms with Crippen LogP contribution in [0.4, 0.5) is 5.69 Å². The lowest BCUT2D eigenvalue weighted by Crippen LogP contribution is -2.15. The molecule has 0 amide bonds. The molecular weight excluding hydrogens is 222 g/mol. The summed E-state index contributed by atoms with van der Waals surface area (Å²) in [5, 5.41) is 12.8. The maximum Gasteiger partial charge on any atom is 0.117 e. The summed E-state index contributed by atoms with van der Waals surface area (Å²) < 4.78 is 0. The number of benzene rings is 2. The van der Waals surface area contributed by atoms with Crippen LogP contribution in [0.15, 0.2) is 54.6 Å². The van der Waals surface area contributed by atoms with Gasteiger partial charge in [0, 0.05) is 17.8 Å². The van der Waals surface area contributed by atoms with Crippen LogP contribution in [0.5, 0.6) is 5.75 Å². The van der Waals surface area contributed by atoms with Gasteiger partial charge < -0.3 is 10.4 Å². The zero-order valence-electron chi connectivity index (χ0n) is 10.6. The van der Waals surface area contributed by atoms with Crippen molar-refractivity contribution in [2.24, 2.45) is 0 Å². The lowest BCUT2D eigenvalue weighted by Gasteiger charge is -2.15. The van der Waals surface area contributed by atoms with Gasteiger partial charge in [-0.3, -0.25) is 0 Å². The molecule has 2 heteroatoms. The molecule has 1 atom stereocenters. The highest BCUT2D eigenvalue weighted by Crippen LogP contribution is 2.17. The average Bonchev–Trinajstić information content (AvgIpc) is 2.38. The fourth-order valence-corrected chi connectivity index (χ4v) is 1.98. The predicted molar refractivity (Wildman–Crippen MR) is 76.0 cm³/mol. The Hall–Kier alpha value is -1.96. The number of nitrogens with one attached hydrogen (secondary N) is 1. The lowest BCUT2D eigenvalue weighted by atomic mass is 10.1. The molecule has 18 heavy (non-hydrogen) atoms. The molecule has 0 saturated heterocycles. The molecule has 0 saturated carbocycles. The Bertz CT molecular complexity index is 481. The summed E-state index contributed by atoms with van der Waals surface area (Å²) in [7, 11) is 0. The summed E-state index contributed by atoms with van der Waals surface area (Å²) >= 11 is 0. The molecule has 0 fully saturated rings. The van der Waals surface area contributed by atoms with E-state index in [2.05, 4.69) is 36.5 Å². The van der Waals surface area contributed by atoms with E-state index in [-0.39, 0.29) is 0 Å². The smallest absolute Gasteiger partial charge is 0.117 e. The minimum atomic E-state index is 0.301. The van der Waals surface area contributed by atoms with Crippen molar-refractivity contribution in [3.8, 4) is 5.75 Å². The Morgan fingerprint density at radius 2 is 1.83 bits per heavy atom. The van der Waals surface area contributed by atoms with E-state index < -0.39 is 0 Å². The Balaban J connectivity index is 1.84. The molecule has 0 radical (unpaired) electrons. The highest BCUT2D eigenvalue weighted by atomic mass is 16.3. The van der Waals surface area contributed by atoms with Crippen molar-refractivity contribution in [2.45, 2.75) is 25.8 Å². The second kappa shape index (κ2) is 6.10. The molecule has 2 nitrogen and oxygen atoms in total. The molecule has 2 aromatic carbocycles. The van der Waals surface area contributed by atoms with Gasteiger partial charge >= 0.3 is 0 Å². The molecule has 0 aromatic heterocycles. The molecule has 1 unspecified atom stereocenters. The fraction of sp³-hybridized carbons (Fsp3) is 0.250. The zero-order chi connectivity index (χ0) is 12.8. The third-order valence-corrected chi connectivity index (χ3v) is 2.97. The lowest BCUT2D eigenvalue weighted by molar-refractivity contribution is 0.475. The largest absolute Gasteiger partial charge is 0.508 e. The van der Waals surface area contributed by atoms with E-state index in [1.807, 2.05) is 18.2 Å². The quantitative estimate of drug-likeness (QED) is 0.834. The first-order valence-corrected chi connectivity index (χ1v) is 6.33. The van der Waals surface area contributed by atoms with Gasteiger partial charge in [-0.1, -0.05) is 36.4 Å². The second-order valence-corrected chi connectivity index (χ2v) is 4.62. The van der Waals surface area contributed by atoms with Crippen LogP contribution >= 0.6 is 0 Å². The van der Waals surface area contributed by atoms with Crippen molar-refractivity contribution in [1.29, 1.82) is 0 Å². The van der Waals surface area contributed by atoms with Crippen molar-refractivity contribution < 1.29 is 5.11 Å². The van der Waals surface area contributed by atoms with Crippen LogP contribution in [0, 0.1) is 0 Å². The van der Waals surface area contributed by atoms with E-state index in [1.54, 1.807) is 12.1 Å². The van der Waals surface area contributed by atoms with E-state index in [4.69, 9.17) is 0 Å². The van der Waals surface area contributed by atoms with Crippen LogP contribution < -0.4 is 5.32 Å². The van der Waals surface area contributed by atoms with Crippen LogP contribution in [-0.2, 0) is 6.42 Å². The minimum absolute atomic E-state index is 0.301. The summed E-state index contributed by atoms with van der Waals surface area (Å²) in [5.41, 5.74) is 2.33. The molecule has 0 aliphatic carbocycles. The summed E-state index contributed by atoms with van der Waals surface area (Å²) in [6, 6.07) is 18.1. The maximum absolute atomic E-state index is 9.39. The predicted octanol–water partition coefficient (Wildman–Crippen LogP) is 3.83. The van der Waals surface area contributed by atoms with Crippen LogP contribution in [-0.4, -0.2) is 11.1 Å². The van der Waals surface area contributed by atoms with Crippen molar-refractivity contribution >= 4 is 5.69 Å². The van der Waals surface area contributed by atoms with Gasteiger partial charge in [0.05, 0.1) is 0 Å². The molecule has 94 valence electrons. The average molecular weight is 241 g/mol. The van der Waals surface area contributed by atoms with Gasteiger partial charge in [-0.2, -0.15) is 0 Å². The van der Waals surface area contributed by atoms with Gasteiger partial charge in [-0.15, -0.1) is 0 Å². The van der Waals surface area contributed by atoms with E-state index >= 15 is 0 Å². The minimum Gasteiger partial charge on any atom is -0.508 e. The zero-order valence-corrected chi connectivity index (χ0v) is 10.6. The molecule has 2 aromatic rings. The molecule has 0 bridgehead atoms. The first-order valence-electron chi connectivity index (χ1n) is 6.33. The van der Waals surface area contributed by atoms with Gasteiger partial charge in [-0.25, -0.2) is 0 Å². The molecular formula is C16H19NO. The number of rotatable bonds is 5. The Labute approximate surface area is 108 Å². The van der Waals surface area contributed by atoms with E-state index in [1.165, 1.54) is 5.56 Å². The molecule has 0 aliphatic heterocycles. The van der Waals surface area contributed by atoms with E-state index in [0.29, 0.717) is 11.8 Å². The normalized spacial score (nSPS) is 12.1. The monoisotopic (exact) mass is 241 g/mol. The number of phenolic OH excluding ortho intramolecular Hbond substituents is 1. The summed E-state index contributed by atoms with van der Waals surface area (Å²) in [6.45, 7) is 2.16. The number of aromatic hydroxyl groups is 1. The van der Waals surface area contributed by atoms with Gasteiger partial charge in [0.1, 0.15) is 5.75 Å². The summed E-state index contributed by atoms with van der Waals surface area (Å²) in [4.78, 5) is 0. The number of aryl methyl sites for hydroxylation is 1. The standard InChI is InChI=1S/C16H19NO/c1-13(10-11-14-6-3-2-4-7-14)17-15-8-5-9-16(18)12-15/h2-9,12-13,17-18H,10-11H2,1H3. The first-order chi connectivity index (χ1) is 8.74. The third kappa shape index (κ3) is 3.81. The maximum atomic E-state index is 9.39.